The average molecular weight is 255 g/mol. The van der Waals surface area contributed by atoms with Crippen molar-refractivity contribution >= 4 is 11.6 Å². The smallest absolute Gasteiger partial charge is 0.161 e. The zero-order chi connectivity index (χ0) is 12.6. The van der Waals surface area contributed by atoms with Crippen LogP contribution in [-0.4, -0.2) is 9.97 Å². The highest BCUT2D eigenvalue weighted by Crippen LogP contribution is 2.22. The van der Waals surface area contributed by atoms with Gasteiger partial charge in [0, 0.05) is 22.9 Å². The third-order valence-corrected chi connectivity index (χ3v) is 2.82. The summed E-state index contributed by atoms with van der Waals surface area (Å²) in [6.07, 6.45) is 0. The van der Waals surface area contributed by atoms with Crippen LogP contribution in [0, 0.1) is 25.5 Å². The van der Waals surface area contributed by atoms with Crippen molar-refractivity contribution < 1.29 is 8.78 Å². The molecule has 0 aliphatic rings. The van der Waals surface area contributed by atoms with Crippen LogP contribution in [0.3, 0.4) is 0 Å². The van der Waals surface area contributed by atoms with Crippen LogP contribution in [0.2, 0.25) is 5.15 Å². The van der Waals surface area contributed by atoms with Gasteiger partial charge in [0.2, 0.25) is 0 Å². The number of benzene rings is 1. The van der Waals surface area contributed by atoms with Gasteiger partial charge in [-0.2, -0.15) is 0 Å². The van der Waals surface area contributed by atoms with Crippen LogP contribution >= 0.6 is 11.6 Å². The van der Waals surface area contributed by atoms with E-state index in [2.05, 4.69) is 9.97 Å². The highest BCUT2D eigenvalue weighted by atomic mass is 35.5. The minimum absolute atomic E-state index is 0.219. The van der Waals surface area contributed by atoms with Gasteiger partial charge in [-0.25, -0.2) is 18.7 Å². The Morgan fingerprint density at radius 1 is 1.00 bits per heavy atom. The lowest BCUT2D eigenvalue weighted by molar-refractivity contribution is 0.584. The third-order valence-electron chi connectivity index (χ3n) is 2.45. The third kappa shape index (κ3) is 2.42. The summed E-state index contributed by atoms with van der Waals surface area (Å²) in [5.41, 5.74) is 1.71. The molecular weight excluding hydrogens is 246 g/mol. The molecule has 0 spiro atoms. The summed E-state index contributed by atoms with van der Waals surface area (Å²) in [5.74, 6) is -1.12. The van der Waals surface area contributed by atoms with E-state index in [1.165, 1.54) is 12.1 Å². The number of hydrogen-bond donors (Lipinski definition) is 0. The molecule has 0 saturated heterocycles. The van der Waals surface area contributed by atoms with E-state index < -0.39 is 11.6 Å². The van der Waals surface area contributed by atoms with Gasteiger partial charge >= 0.3 is 0 Å². The van der Waals surface area contributed by atoms with Gasteiger partial charge in [-0.05, 0) is 26.0 Å². The van der Waals surface area contributed by atoms with E-state index in [1.807, 2.05) is 0 Å². The van der Waals surface area contributed by atoms with Gasteiger partial charge in [0.1, 0.15) is 16.8 Å². The van der Waals surface area contributed by atoms with Crippen molar-refractivity contribution in [3.8, 4) is 11.4 Å². The van der Waals surface area contributed by atoms with Crippen LogP contribution in [0.15, 0.2) is 18.2 Å². The Morgan fingerprint density at radius 3 is 2.12 bits per heavy atom. The monoisotopic (exact) mass is 254 g/mol. The highest BCUT2D eigenvalue weighted by Gasteiger charge is 2.10. The summed E-state index contributed by atoms with van der Waals surface area (Å²) in [6, 6.07) is 3.14. The van der Waals surface area contributed by atoms with Crippen molar-refractivity contribution in [2.45, 2.75) is 13.8 Å². The number of rotatable bonds is 1. The second-order valence-corrected chi connectivity index (χ2v) is 4.06. The molecule has 0 saturated carbocycles. The number of nitrogens with zero attached hydrogens (tertiary/aromatic N) is 2. The van der Waals surface area contributed by atoms with Crippen LogP contribution in [-0.2, 0) is 0 Å². The largest absolute Gasteiger partial charge is 0.233 e. The van der Waals surface area contributed by atoms with E-state index in [-0.39, 0.29) is 16.5 Å². The topological polar surface area (TPSA) is 25.8 Å². The molecule has 0 aliphatic carbocycles. The molecule has 0 N–H and O–H groups in total. The van der Waals surface area contributed by atoms with Gasteiger partial charge in [-0.1, -0.05) is 11.6 Å². The number of aromatic nitrogens is 2. The molecule has 0 fully saturated rings. The highest BCUT2D eigenvalue weighted by molar-refractivity contribution is 6.30. The zero-order valence-corrected chi connectivity index (χ0v) is 10.0. The minimum atomic E-state index is -0.669. The first-order valence-electron chi connectivity index (χ1n) is 4.94. The fraction of sp³-hybridized carbons (Fsp3) is 0.167. The van der Waals surface area contributed by atoms with Crippen molar-refractivity contribution in [2.24, 2.45) is 0 Å². The molecular formula is C12H9ClF2N2. The van der Waals surface area contributed by atoms with E-state index in [9.17, 15) is 8.78 Å². The summed E-state index contributed by atoms with van der Waals surface area (Å²) < 4.78 is 26.1. The van der Waals surface area contributed by atoms with Crippen LogP contribution in [0.25, 0.3) is 11.4 Å². The normalized spacial score (nSPS) is 10.6. The van der Waals surface area contributed by atoms with Crippen molar-refractivity contribution in [1.29, 1.82) is 0 Å². The average Bonchev–Trinajstić information content (AvgIpc) is 2.23. The van der Waals surface area contributed by atoms with Gasteiger partial charge in [0.05, 0.1) is 0 Å². The van der Waals surface area contributed by atoms with E-state index in [0.717, 1.165) is 11.6 Å². The zero-order valence-electron chi connectivity index (χ0n) is 9.26. The van der Waals surface area contributed by atoms with Crippen molar-refractivity contribution in [1.82, 2.24) is 9.97 Å². The SMILES string of the molecule is Cc1nc(-c2cc(F)cc(F)c2)nc(Cl)c1C. The molecule has 88 valence electrons. The Labute approximate surface area is 102 Å². The Balaban J connectivity index is 2.60. The predicted octanol–water partition coefficient (Wildman–Crippen LogP) is 3.69. The van der Waals surface area contributed by atoms with Gasteiger partial charge in [0.25, 0.3) is 0 Å². The van der Waals surface area contributed by atoms with E-state index in [4.69, 9.17) is 11.6 Å². The molecule has 0 radical (unpaired) electrons. The Morgan fingerprint density at radius 2 is 1.59 bits per heavy atom. The molecule has 2 aromatic rings. The first-order chi connectivity index (χ1) is 7.97. The molecule has 1 aromatic heterocycles. The molecule has 2 rings (SSSR count). The van der Waals surface area contributed by atoms with Crippen molar-refractivity contribution in [3.63, 3.8) is 0 Å². The predicted molar refractivity (Wildman–Crippen MR) is 61.9 cm³/mol. The van der Waals surface area contributed by atoms with Crippen molar-refractivity contribution in [2.75, 3.05) is 0 Å². The lowest BCUT2D eigenvalue weighted by Crippen LogP contribution is -1.97. The molecule has 0 atom stereocenters. The quantitative estimate of drug-likeness (QED) is 0.726. The fourth-order valence-electron chi connectivity index (χ4n) is 1.41. The lowest BCUT2D eigenvalue weighted by atomic mass is 10.2. The van der Waals surface area contributed by atoms with Crippen molar-refractivity contribution in [3.05, 3.63) is 46.2 Å². The lowest BCUT2D eigenvalue weighted by Gasteiger charge is -2.06. The maximum Gasteiger partial charge on any atom is 0.161 e. The van der Waals surface area contributed by atoms with Crippen LogP contribution < -0.4 is 0 Å². The summed E-state index contributed by atoms with van der Waals surface area (Å²) in [7, 11) is 0. The summed E-state index contributed by atoms with van der Waals surface area (Å²) in [6.45, 7) is 3.55. The first kappa shape index (κ1) is 11.9. The van der Waals surface area contributed by atoms with E-state index in [1.54, 1.807) is 13.8 Å². The van der Waals surface area contributed by atoms with E-state index >= 15 is 0 Å². The molecule has 0 amide bonds. The number of hydrogen-bond acceptors (Lipinski definition) is 2. The molecule has 0 aliphatic heterocycles. The Bertz CT molecular complexity index is 541. The summed E-state index contributed by atoms with van der Waals surface area (Å²) >= 11 is 5.91. The van der Waals surface area contributed by atoms with Crippen LogP contribution in [0.4, 0.5) is 8.78 Å². The standard InChI is InChI=1S/C12H9ClF2N2/c1-6-7(2)16-12(17-11(6)13)8-3-9(14)5-10(15)4-8/h3-5H,1-2H3. The Kier molecular flexibility index (Phi) is 3.07. The van der Waals surface area contributed by atoms with E-state index in [0.29, 0.717) is 5.69 Å². The first-order valence-corrected chi connectivity index (χ1v) is 5.32. The van der Waals surface area contributed by atoms with Gasteiger partial charge in [-0.15, -0.1) is 0 Å². The Hall–Kier alpha value is -1.55. The second-order valence-electron chi connectivity index (χ2n) is 3.71. The number of halogens is 3. The fourth-order valence-corrected chi connectivity index (χ4v) is 1.62. The maximum absolute atomic E-state index is 13.1. The molecule has 1 heterocycles. The molecule has 0 bridgehead atoms. The van der Waals surface area contributed by atoms with Gasteiger partial charge in [0.15, 0.2) is 5.82 Å². The molecule has 2 nitrogen and oxygen atoms in total. The minimum Gasteiger partial charge on any atom is -0.233 e. The second kappa shape index (κ2) is 4.37. The van der Waals surface area contributed by atoms with Gasteiger partial charge < -0.3 is 0 Å². The summed E-state index contributed by atoms with van der Waals surface area (Å²) in [5, 5.41) is 0.289. The molecule has 17 heavy (non-hydrogen) atoms. The van der Waals surface area contributed by atoms with Gasteiger partial charge in [-0.3, -0.25) is 0 Å². The number of aryl methyl sites for hydroxylation is 1. The maximum atomic E-state index is 13.1. The molecule has 0 unspecified atom stereocenters. The van der Waals surface area contributed by atoms with Crippen LogP contribution in [0.1, 0.15) is 11.3 Å². The molecule has 1 aromatic carbocycles. The molecule has 5 heteroatoms. The van der Waals surface area contributed by atoms with Crippen LogP contribution in [0.5, 0.6) is 0 Å². The summed E-state index contributed by atoms with van der Waals surface area (Å²) in [4.78, 5) is 8.16.